The first-order chi connectivity index (χ1) is 14.2. The summed E-state index contributed by atoms with van der Waals surface area (Å²) < 4.78 is 0. The predicted molar refractivity (Wildman–Crippen MR) is 121 cm³/mol. The number of aromatic nitrogens is 2. The molecule has 0 unspecified atom stereocenters. The highest BCUT2D eigenvalue weighted by Crippen LogP contribution is 2.34. The SMILES string of the molecule is CN(C)CCCNc1nc(-c2ccccc2)cc(N2CCCc3ccccc32)n1. The van der Waals surface area contributed by atoms with Crippen molar-refractivity contribution in [3.05, 3.63) is 66.2 Å². The number of hydrogen-bond donors (Lipinski definition) is 1. The molecule has 29 heavy (non-hydrogen) atoms. The van der Waals surface area contributed by atoms with Crippen molar-refractivity contribution < 1.29 is 0 Å². The third-order valence-electron chi connectivity index (χ3n) is 5.23. The van der Waals surface area contributed by atoms with Crippen LogP contribution in [0.2, 0.25) is 0 Å². The summed E-state index contributed by atoms with van der Waals surface area (Å²) in [6.07, 6.45) is 3.31. The van der Waals surface area contributed by atoms with Crippen LogP contribution in [0.25, 0.3) is 11.3 Å². The van der Waals surface area contributed by atoms with E-state index in [4.69, 9.17) is 9.97 Å². The zero-order chi connectivity index (χ0) is 20.1. The van der Waals surface area contributed by atoms with Crippen molar-refractivity contribution in [1.29, 1.82) is 0 Å². The average molecular weight is 388 g/mol. The van der Waals surface area contributed by atoms with Gasteiger partial charge in [0.05, 0.1) is 5.69 Å². The van der Waals surface area contributed by atoms with Crippen molar-refractivity contribution in [2.24, 2.45) is 0 Å². The third-order valence-corrected chi connectivity index (χ3v) is 5.23. The van der Waals surface area contributed by atoms with E-state index in [2.05, 4.69) is 83.8 Å². The highest BCUT2D eigenvalue weighted by molar-refractivity contribution is 5.71. The number of hydrogen-bond acceptors (Lipinski definition) is 5. The molecule has 3 aromatic rings. The Balaban J connectivity index is 1.67. The first-order valence-electron chi connectivity index (χ1n) is 10.4. The number of rotatable bonds is 7. The zero-order valence-corrected chi connectivity index (χ0v) is 17.3. The molecule has 0 saturated heterocycles. The lowest BCUT2D eigenvalue weighted by molar-refractivity contribution is 0.405. The first kappa shape index (κ1) is 19.4. The molecule has 2 aromatic carbocycles. The average Bonchev–Trinajstić information content (AvgIpc) is 2.76. The van der Waals surface area contributed by atoms with Gasteiger partial charge < -0.3 is 15.1 Å². The van der Waals surface area contributed by atoms with E-state index in [-0.39, 0.29) is 0 Å². The van der Waals surface area contributed by atoms with E-state index in [0.717, 1.165) is 56.0 Å². The molecule has 5 nitrogen and oxygen atoms in total. The van der Waals surface area contributed by atoms with Crippen molar-refractivity contribution >= 4 is 17.5 Å². The van der Waals surface area contributed by atoms with Crippen LogP contribution in [0.1, 0.15) is 18.4 Å². The zero-order valence-electron chi connectivity index (χ0n) is 17.3. The van der Waals surface area contributed by atoms with Gasteiger partial charge >= 0.3 is 0 Å². The van der Waals surface area contributed by atoms with Crippen molar-refractivity contribution in [3.8, 4) is 11.3 Å². The summed E-state index contributed by atoms with van der Waals surface area (Å²) in [5, 5.41) is 3.44. The van der Waals surface area contributed by atoms with Crippen LogP contribution in [0.3, 0.4) is 0 Å². The molecule has 0 spiro atoms. The molecular weight excluding hydrogens is 358 g/mol. The number of nitrogens with zero attached hydrogens (tertiary/aromatic N) is 4. The molecule has 150 valence electrons. The lowest BCUT2D eigenvalue weighted by Crippen LogP contribution is -2.26. The van der Waals surface area contributed by atoms with Crippen LogP contribution in [0.15, 0.2) is 60.7 Å². The summed E-state index contributed by atoms with van der Waals surface area (Å²) in [7, 11) is 4.19. The fourth-order valence-electron chi connectivity index (χ4n) is 3.78. The van der Waals surface area contributed by atoms with Crippen LogP contribution in [-0.2, 0) is 6.42 Å². The molecular formula is C24H29N5. The van der Waals surface area contributed by atoms with Crippen LogP contribution in [0.5, 0.6) is 0 Å². The standard InChI is InChI=1S/C24H29N5/c1-28(2)16-9-15-25-24-26-21(19-10-4-3-5-11-19)18-23(27-24)29-17-8-13-20-12-6-7-14-22(20)29/h3-7,10-12,14,18H,8-9,13,15-17H2,1-2H3,(H,25,26,27). The molecule has 1 aromatic heterocycles. The maximum atomic E-state index is 4.89. The Bertz CT molecular complexity index is 939. The highest BCUT2D eigenvalue weighted by Gasteiger charge is 2.20. The van der Waals surface area contributed by atoms with E-state index in [9.17, 15) is 0 Å². The van der Waals surface area contributed by atoms with E-state index < -0.39 is 0 Å². The minimum atomic E-state index is 0.697. The second-order valence-corrected chi connectivity index (χ2v) is 7.77. The fourth-order valence-corrected chi connectivity index (χ4v) is 3.78. The molecule has 2 heterocycles. The van der Waals surface area contributed by atoms with E-state index in [0.29, 0.717) is 5.95 Å². The monoisotopic (exact) mass is 387 g/mol. The summed E-state index contributed by atoms with van der Waals surface area (Å²) in [6.45, 7) is 2.87. The largest absolute Gasteiger partial charge is 0.354 e. The summed E-state index contributed by atoms with van der Waals surface area (Å²) in [4.78, 5) is 14.2. The van der Waals surface area contributed by atoms with Gasteiger partial charge in [-0.25, -0.2) is 4.98 Å². The second kappa shape index (κ2) is 9.05. The number of para-hydroxylation sites is 1. The van der Waals surface area contributed by atoms with Crippen LogP contribution in [0, 0.1) is 0 Å². The topological polar surface area (TPSA) is 44.3 Å². The van der Waals surface area contributed by atoms with Gasteiger partial charge in [-0.3, -0.25) is 0 Å². The molecule has 0 saturated carbocycles. The lowest BCUT2D eigenvalue weighted by Gasteiger charge is -2.30. The molecule has 4 rings (SSSR count). The summed E-state index contributed by atoms with van der Waals surface area (Å²) >= 11 is 0. The van der Waals surface area contributed by atoms with Crippen molar-refractivity contribution in [3.63, 3.8) is 0 Å². The Morgan fingerprint density at radius 3 is 2.62 bits per heavy atom. The summed E-state index contributed by atoms with van der Waals surface area (Å²) in [5.41, 5.74) is 4.71. The van der Waals surface area contributed by atoms with E-state index in [1.165, 1.54) is 11.3 Å². The molecule has 0 radical (unpaired) electrons. The summed E-state index contributed by atoms with van der Waals surface area (Å²) in [6, 6.07) is 21.1. The quantitative estimate of drug-likeness (QED) is 0.601. The lowest BCUT2D eigenvalue weighted by atomic mass is 10.0. The van der Waals surface area contributed by atoms with Crippen LogP contribution in [0.4, 0.5) is 17.5 Å². The molecule has 0 bridgehead atoms. The first-order valence-corrected chi connectivity index (χ1v) is 10.4. The molecule has 0 aliphatic carbocycles. The minimum Gasteiger partial charge on any atom is -0.354 e. The van der Waals surface area contributed by atoms with E-state index >= 15 is 0 Å². The Hall–Kier alpha value is -2.92. The highest BCUT2D eigenvalue weighted by atomic mass is 15.2. The van der Waals surface area contributed by atoms with Crippen LogP contribution < -0.4 is 10.2 Å². The van der Waals surface area contributed by atoms with Crippen molar-refractivity contribution in [2.45, 2.75) is 19.3 Å². The Morgan fingerprint density at radius 1 is 1.00 bits per heavy atom. The van der Waals surface area contributed by atoms with E-state index in [1.54, 1.807) is 0 Å². The van der Waals surface area contributed by atoms with Gasteiger partial charge in [-0.1, -0.05) is 48.5 Å². The van der Waals surface area contributed by atoms with Gasteiger partial charge in [0.1, 0.15) is 5.82 Å². The van der Waals surface area contributed by atoms with E-state index in [1.807, 2.05) is 6.07 Å². The van der Waals surface area contributed by atoms with Gasteiger partial charge in [0.15, 0.2) is 0 Å². The van der Waals surface area contributed by atoms with Gasteiger partial charge in [0, 0.05) is 30.4 Å². The number of aryl methyl sites for hydroxylation is 1. The molecule has 1 aliphatic heterocycles. The van der Waals surface area contributed by atoms with Crippen molar-refractivity contribution in [1.82, 2.24) is 14.9 Å². The normalized spacial score (nSPS) is 13.4. The number of anilines is 3. The minimum absolute atomic E-state index is 0.697. The van der Waals surface area contributed by atoms with Crippen LogP contribution in [-0.4, -0.2) is 48.6 Å². The van der Waals surface area contributed by atoms with Gasteiger partial charge in [-0.2, -0.15) is 4.98 Å². The molecule has 0 fully saturated rings. The molecule has 0 amide bonds. The molecule has 5 heteroatoms. The maximum absolute atomic E-state index is 4.89. The predicted octanol–water partition coefficient (Wildman–Crippen LogP) is 4.59. The Morgan fingerprint density at radius 2 is 1.79 bits per heavy atom. The second-order valence-electron chi connectivity index (χ2n) is 7.77. The van der Waals surface area contributed by atoms with Gasteiger partial charge in [-0.05, 0) is 51.5 Å². The molecule has 1 aliphatic rings. The van der Waals surface area contributed by atoms with Gasteiger partial charge in [-0.15, -0.1) is 0 Å². The maximum Gasteiger partial charge on any atom is 0.225 e. The van der Waals surface area contributed by atoms with Gasteiger partial charge in [0.2, 0.25) is 5.95 Å². The van der Waals surface area contributed by atoms with Crippen molar-refractivity contribution in [2.75, 3.05) is 43.9 Å². The number of fused-ring (bicyclic) bond motifs is 1. The summed E-state index contributed by atoms with van der Waals surface area (Å²) in [5.74, 6) is 1.66. The fraction of sp³-hybridized carbons (Fsp3) is 0.333. The third kappa shape index (κ3) is 4.74. The molecule has 1 N–H and O–H groups in total. The number of benzene rings is 2. The van der Waals surface area contributed by atoms with Gasteiger partial charge in [0.25, 0.3) is 0 Å². The van der Waals surface area contributed by atoms with Crippen LogP contribution >= 0.6 is 0 Å². The number of nitrogens with one attached hydrogen (secondary N) is 1. The Kier molecular flexibility index (Phi) is 6.06. The molecule has 0 atom stereocenters. The Labute approximate surface area is 173 Å². The smallest absolute Gasteiger partial charge is 0.225 e.